The third kappa shape index (κ3) is 4.19. The topological polar surface area (TPSA) is 52.6 Å². The first-order valence-corrected chi connectivity index (χ1v) is 8.79. The number of carboxylic acids is 1. The van der Waals surface area contributed by atoms with Crippen molar-refractivity contribution < 1.29 is 9.90 Å². The highest BCUT2D eigenvalue weighted by Gasteiger charge is 2.34. The summed E-state index contributed by atoms with van der Waals surface area (Å²) in [7, 11) is 0. The fourth-order valence-electron chi connectivity index (χ4n) is 4.30. The lowest BCUT2D eigenvalue weighted by Gasteiger charge is -2.44. The van der Waals surface area contributed by atoms with Crippen LogP contribution in [0.3, 0.4) is 0 Å². The van der Waals surface area contributed by atoms with Gasteiger partial charge in [0.25, 0.3) is 0 Å². The van der Waals surface area contributed by atoms with E-state index in [9.17, 15) is 9.90 Å². The molecule has 2 aliphatic rings. The summed E-state index contributed by atoms with van der Waals surface area (Å²) >= 11 is 0. The maximum absolute atomic E-state index is 11.4. The van der Waals surface area contributed by atoms with Gasteiger partial charge in [-0.25, -0.2) is 0 Å². The molecule has 4 heteroatoms. The maximum atomic E-state index is 11.4. The highest BCUT2D eigenvalue weighted by molar-refractivity contribution is 5.78. The van der Waals surface area contributed by atoms with Crippen LogP contribution in [0.2, 0.25) is 0 Å². The summed E-state index contributed by atoms with van der Waals surface area (Å²) in [5.74, 6) is 0.186. The standard InChI is InChI=1S/C17H32N2O2/c1-3-18-17(2,16(20)21)11-7-13-19-12-6-9-14-8-4-5-10-15(14)19/h14-15,18H,3-13H2,1-2H3,(H,20,21). The predicted molar refractivity (Wildman–Crippen MR) is 85.5 cm³/mol. The first-order chi connectivity index (χ1) is 10.1. The molecule has 1 aliphatic carbocycles. The third-order valence-electron chi connectivity index (χ3n) is 5.52. The molecule has 21 heavy (non-hydrogen) atoms. The number of likely N-dealkylation sites (N-methyl/N-ethyl adjacent to an activating group) is 1. The molecule has 1 saturated heterocycles. The number of carbonyl (C=O) groups is 1. The van der Waals surface area contributed by atoms with Crippen molar-refractivity contribution in [1.82, 2.24) is 10.2 Å². The molecule has 0 aromatic heterocycles. The summed E-state index contributed by atoms with van der Waals surface area (Å²) < 4.78 is 0. The molecule has 1 saturated carbocycles. The van der Waals surface area contributed by atoms with Crippen LogP contribution in [0.25, 0.3) is 0 Å². The Bertz CT molecular complexity index is 346. The van der Waals surface area contributed by atoms with Crippen molar-refractivity contribution in [3.8, 4) is 0 Å². The van der Waals surface area contributed by atoms with E-state index in [1.807, 2.05) is 13.8 Å². The molecule has 122 valence electrons. The number of carboxylic acid groups (broad SMARTS) is 1. The minimum atomic E-state index is -0.767. The minimum Gasteiger partial charge on any atom is -0.480 e. The number of fused-ring (bicyclic) bond motifs is 1. The van der Waals surface area contributed by atoms with E-state index in [4.69, 9.17) is 0 Å². The maximum Gasteiger partial charge on any atom is 0.323 e. The summed E-state index contributed by atoms with van der Waals surface area (Å²) in [5.41, 5.74) is -0.767. The Morgan fingerprint density at radius 1 is 1.29 bits per heavy atom. The molecule has 3 unspecified atom stereocenters. The fraction of sp³-hybridized carbons (Fsp3) is 0.941. The Labute approximate surface area is 129 Å². The molecule has 0 amide bonds. The number of aliphatic carboxylic acids is 1. The van der Waals surface area contributed by atoms with E-state index in [0.717, 1.165) is 24.9 Å². The van der Waals surface area contributed by atoms with Gasteiger partial charge in [-0.3, -0.25) is 4.79 Å². The second kappa shape index (κ2) is 7.59. The van der Waals surface area contributed by atoms with Gasteiger partial charge in [0, 0.05) is 6.04 Å². The normalized spacial score (nSPS) is 29.6. The molecule has 3 atom stereocenters. The van der Waals surface area contributed by atoms with E-state index in [0.29, 0.717) is 13.0 Å². The van der Waals surface area contributed by atoms with Crippen LogP contribution in [0.4, 0.5) is 0 Å². The monoisotopic (exact) mass is 296 g/mol. The average molecular weight is 296 g/mol. The Morgan fingerprint density at radius 2 is 2.00 bits per heavy atom. The molecule has 1 aliphatic heterocycles. The molecule has 2 fully saturated rings. The van der Waals surface area contributed by atoms with Gasteiger partial charge in [0.05, 0.1) is 0 Å². The van der Waals surface area contributed by atoms with Crippen LogP contribution in [0, 0.1) is 5.92 Å². The van der Waals surface area contributed by atoms with Gasteiger partial charge in [-0.1, -0.05) is 19.8 Å². The van der Waals surface area contributed by atoms with Crippen molar-refractivity contribution in [3.63, 3.8) is 0 Å². The lowest BCUT2D eigenvalue weighted by Crippen LogP contribution is -2.51. The highest BCUT2D eigenvalue weighted by atomic mass is 16.4. The second-order valence-electron chi connectivity index (χ2n) is 7.06. The van der Waals surface area contributed by atoms with Gasteiger partial charge < -0.3 is 15.3 Å². The zero-order valence-electron chi connectivity index (χ0n) is 13.7. The summed E-state index contributed by atoms with van der Waals surface area (Å²) in [6.45, 7) is 6.77. The van der Waals surface area contributed by atoms with Crippen LogP contribution in [0.1, 0.15) is 65.2 Å². The molecule has 2 N–H and O–H groups in total. The van der Waals surface area contributed by atoms with Crippen molar-refractivity contribution in [1.29, 1.82) is 0 Å². The number of hydrogen-bond donors (Lipinski definition) is 2. The molecular formula is C17H32N2O2. The van der Waals surface area contributed by atoms with Gasteiger partial charge >= 0.3 is 5.97 Å². The summed E-state index contributed by atoms with van der Waals surface area (Å²) in [5, 5.41) is 12.5. The number of nitrogens with zero attached hydrogens (tertiary/aromatic N) is 1. The van der Waals surface area contributed by atoms with Crippen molar-refractivity contribution in [2.24, 2.45) is 5.92 Å². The zero-order valence-corrected chi connectivity index (χ0v) is 13.7. The third-order valence-corrected chi connectivity index (χ3v) is 5.52. The van der Waals surface area contributed by atoms with Crippen molar-refractivity contribution >= 4 is 5.97 Å². The minimum absolute atomic E-state index is 0.706. The van der Waals surface area contributed by atoms with E-state index in [-0.39, 0.29) is 0 Å². The Kier molecular flexibility index (Phi) is 6.06. The number of nitrogens with one attached hydrogen (secondary N) is 1. The molecule has 0 radical (unpaired) electrons. The summed E-state index contributed by atoms with van der Waals surface area (Å²) in [6.07, 6.45) is 9.97. The first-order valence-electron chi connectivity index (χ1n) is 8.79. The van der Waals surface area contributed by atoms with Crippen LogP contribution in [0.5, 0.6) is 0 Å². The molecule has 0 bridgehead atoms. The molecule has 0 aromatic rings. The lowest BCUT2D eigenvalue weighted by molar-refractivity contribution is -0.144. The molecule has 0 aromatic carbocycles. The second-order valence-corrected chi connectivity index (χ2v) is 7.06. The predicted octanol–water partition coefficient (Wildman–Crippen LogP) is 2.87. The molecular weight excluding hydrogens is 264 g/mol. The van der Waals surface area contributed by atoms with Gasteiger partial charge in [-0.2, -0.15) is 0 Å². The molecule has 2 rings (SSSR count). The number of rotatable bonds is 7. The average Bonchev–Trinajstić information content (AvgIpc) is 2.47. The van der Waals surface area contributed by atoms with Gasteiger partial charge in [0.2, 0.25) is 0 Å². The molecule has 0 spiro atoms. The number of likely N-dealkylation sites (tertiary alicyclic amines) is 1. The van der Waals surface area contributed by atoms with Crippen LogP contribution in [-0.4, -0.2) is 47.2 Å². The SMILES string of the molecule is CCNC(C)(CCCN1CCCC2CCCCC21)C(=O)O. The van der Waals surface area contributed by atoms with Crippen LogP contribution >= 0.6 is 0 Å². The quantitative estimate of drug-likeness (QED) is 0.758. The fourth-order valence-corrected chi connectivity index (χ4v) is 4.30. The van der Waals surface area contributed by atoms with E-state index in [2.05, 4.69) is 10.2 Å². The highest BCUT2D eigenvalue weighted by Crippen LogP contribution is 2.35. The number of hydrogen-bond acceptors (Lipinski definition) is 3. The van der Waals surface area contributed by atoms with E-state index in [1.165, 1.54) is 45.1 Å². The van der Waals surface area contributed by atoms with E-state index in [1.54, 1.807) is 0 Å². The van der Waals surface area contributed by atoms with Crippen molar-refractivity contribution in [3.05, 3.63) is 0 Å². The van der Waals surface area contributed by atoms with Crippen LogP contribution < -0.4 is 5.32 Å². The van der Waals surface area contributed by atoms with Gasteiger partial charge in [0.15, 0.2) is 0 Å². The van der Waals surface area contributed by atoms with Gasteiger partial charge in [-0.05, 0) is 71.0 Å². The van der Waals surface area contributed by atoms with Crippen molar-refractivity contribution in [2.75, 3.05) is 19.6 Å². The van der Waals surface area contributed by atoms with E-state index < -0.39 is 11.5 Å². The largest absolute Gasteiger partial charge is 0.480 e. The van der Waals surface area contributed by atoms with Gasteiger partial charge in [0.1, 0.15) is 5.54 Å². The smallest absolute Gasteiger partial charge is 0.323 e. The number of piperidine rings is 1. The Morgan fingerprint density at radius 3 is 2.71 bits per heavy atom. The lowest BCUT2D eigenvalue weighted by atomic mass is 9.78. The first kappa shape index (κ1) is 16.8. The summed E-state index contributed by atoms with van der Waals surface area (Å²) in [6, 6.07) is 0.780. The van der Waals surface area contributed by atoms with Crippen molar-refractivity contribution in [2.45, 2.75) is 76.8 Å². The Hall–Kier alpha value is -0.610. The molecule has 1 heterocycles. The van der Waals surface area contributed by atoms with Gasteiger partial charge in [-0.15, -0.1) is 0 Å². The molecule has 4 nitrogen and oxygen atoms in total. The van der Waals surface area contributed by atoms with Crippen LogP contribution in [0.15, 0.2) is 0 Å². The van der Waals surface area contributed by atoms with E-state index >= 15 is 0 Å². The summed E-state index contributed by atoms with van der Waals surface area (Å²) in [4.78, 5) is 14.1. The van der Waals surface area contributed by atoms with Crippen LogP contribution in [-0.2, 0) is 4.79 Å². The zero-order chi connectivity index (χ0) is 15.3. The Balaban J connectivity index is 1.82.